The molecule has 0 aliphatic rings. The molecule has 5 heteroatoms. The number of oxazole rings is 1. The Bertz CT molecular complexity index is 826. The van der Waals surface area contributed by atoms with Gasteiger partial charge in [-0.3, -0.25) is 4.79 Å². The summed E-state index contributed by atoms with van der Waals surface area (Å²) in [5.74, 6) is 0.0586. The van der Waals surface area contributed by atoms with Gasteiger partial charge in [0.1, 0.15) is 5.82 Å². The average Bonchev–Trinajstić information content (AvgIpc) is 3.00. The lowest BCUT2D eigenvalue weighted by atomic mass is 10.2. The van der Waals surface area contributed by atoms with E-state index >= 15 is 0 Å². The first-order valence-electron chi connectivity index (χ1n) is 7.70. The minimum atomic E-state index is -0.367. The minimum absolute atomic E-state index is 0.124. The maximum Gasteiger partial charge on any atom is 0.312 e. The number of hydrogen-bond acceptors (Lipinski definition) is 4. The van der Waals surface area contributed by atoms with E-state index in [1.807, 2.05) is 37.3 Å². The van der Waals surface area contributed by atoms with Gasteiger partial charge in [0.25, 0.3) is 5.88 Å². The molecule has 3 rings (SSSR count). The minimum Gasteiger partial charge on any atom is -0.432 e. The van der Waals surface area contributed by atoms with Crippen LogP contribution >= 0.6 is 0 Å². The average molecular weight is 325 g/mol. The Morgan fingerprint density at radius 3 is 2.46 bits per heavy atom. The topological polar surface area (TPSA) is 52.3 Å². The number of benzene rings is 2. The number of nitrogens with zero attached hydrogens (tertiary/aromatic N) is 1. The molecule has 0 saturated heterocycles. The third-order valence-electron chi connectivity index (χ3n) is 3.39. The summed E-state index contributed by atoms with van der Waals surface area (Å²) >= 11 is 0. The van der Waals surface area contributed by atoms with Crippen LogP contribution in [0.4, 0.5) is 4.39 Å². The van der Waals surface area contributed by atoms with Crippen LogP contribution < -0.4 is 4.74 Å². The molecule has 24 heavy (non-hydrogen) atoms. The van der Waals surface area contributed by atoms with Crippen molar-refractivity contribution in [2.75, 3.05) is 0 Å². The van der Waals surface area contributed by atoms with Crippen molar-refractivity contribution < 1.29 is 18.3 Å². The molecule has 0 bridgehead atoms. The normalized spacial score (nSPS) is 10.6. The van der Waals surface area contributed by atoms with Crippen molar-refractivity contribution >= 4 is 5.97 Å². The highest BCUT2D eigenvalue weighted by Gasteiger charge is 2.20. The monoisotopic (exact) mass is 325 g/mol. The van der Waals surface area contributed by atoms with E-state index in [4.69, 9.17) is 9.15 Å². The second kappa shape index (κ2) is 7.08. The molecular weight excluding hydrogens is 309 g/mol. The van der Waals surface area contributed by atoms with Gasteiger partial charge >= 0.3 is 5.97 Å². The maximum absolute atomic E-state index is 13.1. The van der Waals surface area contributed by atoms with Crippen molar-refractivity contribution in [2.24, 2.45) is 0 Å². The lowest BCUT2D eigenvalue weighted by Crippen LogP contribution is -2.07. The van der Waals surface area contributed by atoms with E-state index in [1.54, 1.807) is 12.1 Å². The van der Waals surface area contributed by atoms with E-state index in [2.05, 4.69) is 4.98 Å². The van der Waals surface area contributed by atoms with Crippen molar-refractivity contribution in [3.63, 3.8) is 0 Å². The second-order valence-electron chi connectivity index (χ2n) is 5.25. The Balaban J connectivity index is 2.01. The van der Waals surface area contributed by atoms with Gasteiger partial charge in [-0.1, -0.05) is 37.3 Å². The lowest BCUT2D eigenvalue weighted by molar-refractivity contribution is -0.134. The fraction of sp³-hybridized carbons (Fsp3) is 0.158. The summed E-state index contributed by atoms with van der Waals surface area (Å²) in [6, 6.07) is 15.0. The van der Waals surface area contributed by atoms with Crippen molar-refractivity contribution in [1.82, 2.24) is 4.98 Å². The number of carbonyl (C=O) groups excluding carboxylic acids is 1. The number of carbonyl (C=O) groups is 1. The Morgan fingerprint density at radius 1 is 1.08 bits per heavy atom. The molecule has 2 aromatic carbocycles. The summed E-state index contributed by atoms with van der Waals surface area (Å²) in [6.45, 7) is 1.89. The third-order valence-corrected chi connectivity index (χ3v) is 3.39. The van der Waals surface area contributed by atoms with Crippen LogP contribution in [0.3, 0.4) is 0 Å². The van der Waals surface area contributed by atoms with E-state index in [1.165, 1.54) is 12.1 Å². The quantitative estimate of drug-likeness (QED) is 0.629. The summed E-state index contributed by atoms with van der Waals surface area (Å²) < 4.78 is 24.2. The van der Waals surface area contributed by atoms with Gasteiger partial charge in [-0.05, 0) is 30.7 Å². The zero-order chi connectivity index (χ0) is 16.9. The molecule has 4 nitrogen and oxygen atoms in total. The van der Waals surface area contributed by atoms with E-state index in [-0.39, 0.29) is 23.6 Å². The largest absolute Gasteiger partial charge is 0.432 e. The third kappa shape index (κ3) is 3.51. The van der Waals surface area contributed by atoms with Crippen LogP contribution in [0.5, 0.6) is 5.88 Å². The van der Waals surface area contributed by atoms with Crippen LogP contribution in [0.15, 0.2) is 59.0 Å². The zero-order valence-electron chi connectivity index (χ0n) is 13.2. The molecule has 1 aromatic heterocycles. The first-order chi connectivity index (χ1) is 11.7. The molecule has 0 atom stereocenters. The summed E-state index contributed by atoms with van der Waals surface area (Å²) in [4.78, 5) is 16.1. The molecule has 3 aromatic rings. The molecule has 0 aliphatic heterocycles. The van der Waals surface area contributed by atoms with Crippen LogP contribution in [0.2, 0.25) is 0 Å². The molecule has 0 fully saturated rings. The molecule has 0 amide bonds. The summed E-state index contributed by atoms with van der Waals surface area (Å²) in [5, 5.41) is 0. The standard InChI is InChI=1S/C19H16FNO3/c1-2-6-16(22)23-19-17(13-7-4-3-5-8-13)24-18(21-19)14-9-11-15(20)12-10-14/h3-5,7-12H,2,6H2,1H3. The van der Waals surface area contributed by atoms with Gasteiger partial charge in [0.15, 0.2) is 5.76 Å². The Morgan fingerprint density at radius 2 is 1.79 bits per heavy atom. The molecule has 0 radical (unpaired) electrons. The van der Waals surface area contributed by atoms with Gasteiger partial charge in [-0.25, -0.2) is 4.39 Å². The SMILES string of the molecule is CCCC(=O)Oc1nc(-c2ccc(F)cc2)oc1-c1ccccc1. The summed E-state index contributed by atoms with van der Waals surface area (Å²) in [7, 11) is 0. The molecule has 0 aliphatic carbocycles. The van der Waals surface area contributed by atoms with Crippen LogP contribution in [0.1, 0.15) is 19.8 Å². The van der Waals surface area contributed by atoms with E-state index in [0.717, 1.165) is 5.56 Å². The fourth-order valence-corrected chi connectivity index (χ4v) is 2.23. The van der Waals surface area contributed by atoms with Crippen molar-refractivity contribution in [3.8, 4) is 28.7 Å². The van der Waals surface area contributed by atoms with Gasteiger partial charge < -0.3 is 9.15 Å². The molecule has 122 valence electrons. The van der Waals surface area contributed by atoms with Crippen LogP contribution in [-0.4, -0.2) is 11.0 Å². The summed E-state index contributed by atoms with van der Waals surface area (Å²) in [5.41, 5.74) is 1.35. The smallest absolute Gasteiger partial charge is 0.312 e. The summed E-state index contributed by atoms with van der Waals surface area (Å²) in [6.07, 6.45) is 0.981. The highest BCUT2D eigenvalue weighted by atomic mass is 19.1. The molecule has 1 heterocycles. The first kappa shape index (κ1) is 15.9. The molecule has 0 N–H and O–H groups in total. The van der Waals surface area contributed by atoms with Crippen molar-refractivity contribution in [2.45, 2.75) is 19.8 Å². The maximum atomic E-state index is 13.1. The lowest BCUT2D eigenvalue weighted by Gasteiger charge is -2.01. The molecular formula is C19H16FNO3. The Hall–Kier alpha value is -2.95. The van der Waals surface area contributed by atoms with E-state index in [0.29, 0.717) is 24.2 Å². The van der Waals surface area contributed by atoms with Crippen LogP contribution in [0, 0.1) is 5.82 Å². The zero-order valence-corrected chi connectivity index (χ0v) is 13.2. The van der Waals surface area contributed by atoms with Crippen LogP contribution in [0.25, 0.3) is 22.8 Å². The highest BCUT2D eigenvalue weighted by Crippen LogP contribution is 2.34. The molecule has 0 spiro atoms. The number of aromatic nitrogens is 1. The number of rotatable bonds is 5. The van der Waals surface area contributed by atoms with Gasteiger partial charge in [-0.2, -0.15) is 4.98 Å². The van der Waals surface area contributed by atoms with E-state index in [9.17, 15) is 9.18 Å². The fourth-order valence-electron chi connectivity index (χ4n) is 2.23. The van der Waals surface area contributed by atoms with Crippen molar-refractivity contribution in [3.05, 3.63) is 60.4 Å². The Labute approximate surface area is 138 Å². The molecule has 0 unspecified atom stereocenters. The van der Waals surface area contributed by atoms with Gasteiger partial charge in [-0.15, -0.1) is 0 Å². The first-order valence-corrected chi connectivity index (χ1v) is 7.70. The van der Waals surface area contributed by atoms with Crippen molar-refractivity contribution in [1.29, 1.82) is 0 Å². The van der Waals surface area contributed by atoms with Gasteiger partial charge in [0.2, 0.25) is 5.89 Å². The van der Waals surface area contributed by atoms with Crippen LogP contribution in [-0.2, 0) is 4.79 Å². The number of esters is 1. The molecule has 0 saturated carbocycles. The van der Waals surface area contributed by atoms with Gasteiger partial charge in [0.05, 0.1) is 0 Å². The predicted octanol–water partition coefficient (Wildman–Crippen LogP) is 4.85. The predicted molar refractivity (Wildman–Crippen MR) is 87.9 cm³/mol. The van der Waals surface area contributed by atoms with Gasteiger partial charge in [0, 0.05) is 17.5 Å². The Kier molecular flexibility index (Phi) is 4.70. The second-order valence-corrected chi connectivity index (χ2v) is 5.25. The highest BCUT2D eigenvalue weighted by molar-refractivity contribution is 5.75. The number of hydrogen-bond donors (Lipinski definition) is 0. The number of halogens is 1. The van der Waals surface area contributed by atoms with E-state index < -0.39 is 0 Å². The number of ether oxygens (including phenoxy) is 1.